The summed E-state index contributed by atoms with van der Waals surface area (Å²) in [6.45, 7) is 18.5. The van der Waals surface area contributed by atoms with Gasteiger partial charge >= 0.3 is 6.01 Å². The van der Waals surface area contributed by atoms with Gasteiger partial charge in [-0.15, -0.1) is 0 Å². The van der Waals surface area contributed by atoms with Gasteiger partial charge in [-0.2, -0.15) is 9.97 Å². The minimum atomic E-state index is -1.03. The van der Waals surface area contributed by atoms with Crippen LogP contribution in [-0.4, -0.2) is 89.7 Å². The van der Waals surface area contributed by atoms with Crippen LogP contribution in [0.3, 0.4) is 0 Å². The van der Waals surface area contributed by atoms with Crippen LogP contribution in [-0.2, 0) is 17.8 Å². The summed E-state index contributed by atoms with van der Waals surface area (Å²) in [5.41, 5.74) is 2.58. The predicted octanol–water partition coefficient (Wildman–Crippen LogP) is 5.66. The highest BCUT2D eigenvalue weighted by Gasteiger charge is 2.36. The zero-order chi connectivity index (χ0) is 32.5. The summed E-state index contributed by atoms with van der Waals surface area (Å²) in [6.07, 6.45) is 2.75. The molecule has 0 spiro atoms. The Kier molecular flexibility index (Phi) is 9.29. The third-order valence-electron chi connectivity index (χ3n) is 9.34. The molecule has 12 heteroatoms. The monoisotopic (exact) mass is 649 g/mol. The number of benzene rings is 2. The lowest BCUT2D eigenvalue weighted by atomic mass is 10.0. The quantitative estimate of drug-likeness (QED) is 0.231. The topological polar surface area (TPSA) is 69.4 Å². The van der Waals surface area contributed by atoms with E-state index >= 15 is 0 Å². The molecule has 0 radical (unpaired) electrons. The molecule has 2 aromatic carbocycles. The van der Waals surface area contributed by atoms with Gasteiger partial charge in [-0.25, -0.2) is 15.4 Å². The number of hydrogen-bond donors (Lipinski definition) is 0. The number of ether oxygens (including phenoxy) is 1. The molecule has 2 fully saturated rings. The Bertz CT molecular complexity index is 1700. The molecular formula is C34H38ClF2N7O2. The molecule has 0 aliphatic carbocycles. The van der Waals surface area contributed by atoms with Crippen LogP contribution in [0.4, 0.5) is 20.3 Å². The molecule has 4 heterocycles. The van der Waals surface area contributed by atoms with Gasteiger partial charge in [0.1, 0.15) is 24.3 Å². The first kappa shape index (κ1) is 32.0. The summed E-state index contributed by atoms with van der Waals surface area (Å²) < 4.78 is 34.8. The molecule has 1 aromatic heterocycles. The summed E-state index contributed by atoms with van der Waals surface area (Å²) in [7, 11) is 0. The van der Waals surface area contributed by atoms with E-state index in [1.54, 1.807) is 6.07 Å². The van der Waals surface area contributed by atoms with E-state index in [1.165, 1.54) is 11.0 Å². The molecule has 3 aliphatic rings. The van der Waals surface area contributed by atoms with Gasteiger partial charge in [0.2, 0.25) is 6.54 Å². The molecule has 0 N–H and O–H groups in total. The van der Waals surface area contributed by atoms with Crippen molar-refractivity contribution in [1.29, 1.82) is 0 Å². The van der Waals surface area contributed by atoms with Gasteiger partial charge in [0.15, 0.2) is 5.83 Å². The molecule has 0 unspecified atom stereocenters. The fourth-order valence-corrected chi connectivity index (χ4v) is 7.36. The van der Waals surface area contributed by atoms with Crippen molar-refractivity contribution < 1.29 is 18.3 Å². The van der Waals surface area contributed by atoms with Crippen molar-refractivity contribution in [3.8, 4) is 6.01 Å². The van der Waals surface area contributed by atoms with Crippen LogP contribution >= 0.6 is 11.6 Å². The fourth-order valence-electron chi connectivity index (χ4n) is 7.09. The van der Waals surface area contributed by atoms with Crippen molar-refractivity contribution in [1.82, 2.24) is 19.8 Å². The summed E-state index contributed by atoms with van der Waals surface area (Å²) >= 11 is 6.50. The number of carbonyl (C=O) groups is 1. The summed E-state index contributed by atoms with van der Waals surface area (Å²) in [5.74, 6) is -1.58. The number of likely N-dealkylation sites (tertiary alicyclic amines) is 1. The molecule has 1 amide bonds. The third-order valence-corrected chi connectivity index (χ3v) is 9.71. The maximum absolute atomic E-state index is 14.6. The maximum Gasteiger partial charge on any atom is 0.318 e. The minimum absolute atomic E-state index is 0.0328. The van der Waals surface area contributed by atoms with Gasteiger partial charge in [0, 0.05) is 54.9 Å². The predicted molar refractivity (Wildman–Crippen MR) is 175 cm³/mol. The number of piperazine rings is 1. The van der Waals surface area contributed by atoms with Gasteiger partial charge in [-0.3, -0.25) is 9.69 Å². The van der Waals surface area contributed by atoms with Crippen LogP contribution in [0.5, 0.6) is 6.01 Å². The Morgan fingerprint density at radius 3 is 2.74 bits per heavy atom. The normalized spacial score (nSPS) is 20.2. The Hall–Kier alpha value is -4.01. The van der Waals surface area contributed by atoms with E-state index < -0.39 is 23.6 Å². The average molecular weight is 650 g/mol. The molecule has 2 atom stereocenters. The van der Waals surface area contributed by atoms with Crippen LogP contribution in [0.2, 0.25) is 5.02 Å². The average Bonchev–Trinajstić information content (AvgIpc) is 3.53. The smallest absolute Gasteiger partial charge is 0.318 e. The number of fused-ring (bicyclic) bond motifs is 2. The van der Waals surface area contributed by atoms with E-state index in [0.717, 1.165) is 41.7 Å². The van der Waals surface area contributed by atoms with E-state index in [2.05, 4.69) is 40.0 Å². The van der Waals surface area contributed by atoms with E-state index in [4.69, 9.17) is 32.9 Å². The van der Waals surface area contributed by atoms with Crippen LogP contribution < -0.4 is 14.5 Å². The van der Waals surface area contributed by atoms with E-state index in [0.29, 0.717) is 56.5 Å². The van der Waals surface area contributed by atoms with Crippen molar-refractivity contribution in [3.05, 3.63) is 76.3 Å². The van der Waals surface area contributed by atoms with Gasteiger partial charge in [-0.1, -0.05) is 36.4 Å². The number of hydrogen-bond acceptors (Lipinski definition) is 7. The number of anilines is 2. The molecule has 6 rings (SSSR count). The Labute approximate surface area is 273 Å². The second kappa shape index (κ2) is 13.4. The van der Waals surface area contributed by atoms with Gasteiger partial charge in [0.25, 0.3) is 5.91 Å². The lowest BCUT2D eigenvalue weighted by Gasteiger charge is -2.41. The van der Waals surface area contributed by atoms with Crippen molar-refractivity contribution in [2.75, 3.05) is 55.7 Å². The van der Waals surface area contributed by atoms with E-state index in [9.17, 15) is 13.6 Å². The van der Waals surface area contributed by atoms with E-state index in [-0.39, 0.29) is 30.2 Å². The second-order valence-electron chi connectivity index (χ2n) is 12.4. The molecule has 46 heavy (non-hydrogen) atoms. The molecule has 3 aromatic rings. The van der Waals surface area contributed by atoms with Crippen molar-refractivity contribution in [3.63, 3.8) is 0 Å². The zero-order valence-electron chi connectivity index (χ0n) is 26.2. The van der Waals surface area contributed by atoms with Crippen molar-refractivity contribution in [2.45, 2.75) is 57.8 Å². The lowest BCUT2D eigenvalue weighted by Crippen LogP contribution is -2.57. The lowest BCUT2D eigenvalue weighted by molar-refractivity contribution is -0.131. The third kappa shape index (κ3) is 6.20. The largest absolute Gasteiger partial charge is 0.462 e. The summed E-state index contributed by atoms with van der Waals surface area (Å²) in [5, 5.41) is 1.60. The highest BCUT2D eigenvalue weighted by Crippen LogP contribution is 2.38. The standard InChI is InChI=1S/C34H38ClF2N7O2/c1-21(2)43-13-6-8-24(43)20-46-34-39-28-19-41(29-9-5-7-23-10-11-27(37)31(35)30(23)29)14-12-26(28)32(40-34)42-15-16-44(33(45)22(3)36)25(18-42)17-38-4/h5,7,9-11,21,24-25H,3,6,8,12-20H2,1-2H3/t24-,25-/m0/s1. The van der Waals surface area contributed by atoms with Gasteiger partial charge in [-0.05, 0) is 57.2 Å². The van der Waals surface area contributed by atoms with E-state index in [1.807, 2.05) is 18.2 Å². The number of amides is 1. The zero-order valence-corrected chi connectivity index (χ0v) is 26.9. The highest BCUT2D eigenvalue weighted by molar-refractivity contribution is 6.36. The fraction of sp³-hybridized carbons (Fsp3) is 0.471. The number of aromatic nitrogens is 2. The minimum Gasteiger partial charge on any atom is -0.462 e. The van der Waals surface area contributed by atoms with Gasteiger partial charge in [0.05, 0.1) is 17.3 Å². The molecule has 0 bridgehead atoms. The number of nitrogens with zero attached hydrogens (tertiary/aromatic N) is 7. The number of carbonyl (C=O) groups excluding carboxylic acids is 1. The van der Waals surface area contributed by atoms with Crippen molar-refractivity contribution >= 4 is 39.8 Å². The van der Waals surface area contributed by atoms with Crippen LogP contribution in [0, 0.1) is 12.4 Å². The van der Waals surface area contributed by atoms with Gasteiger partial charge < -0.3 is 24.3 Å². The summed E-state index contributed by atoms with van der Waals surface area (Å²) in [6, 6.07) is 9.33. The first-order chi connectivity index (χ1) is 22.2. The SMILES string of the molecule is [C-]#[N+]C[C@H]1CN(c2nc(OC[C@@H]3CCCN3C(C)C)nc3c2CCN(c2cccc4ccc(F)c(Cl)c24)C3)CCN1C(=O)C(=C)F. The van der Waals surface area contributed by atoms with Crippen molar-refractivity contribution in [2.24, 2.45) is 0 Å². The van der Waals surface area contributed by atoms with Crippen LogP contribution in [0.25, 0.3) is 15.6 Å². The first-order valence-electron chi connectivity index (χ1n) is 15.8. The molecule has 3 aliphatic heterocycles. The van der Waals surface area contributed by atoms with Crippen LogP contribution in [0.15, 0.2) is 42.7 Å². The second-order valence-corrected chi connectivity index (χ2v) is 12.8. The maximum atomic E-state index is 14.6. The first-order valence-corrected chi connectivity index (χ1v) is 16.2. The Morgan fingerprint density at radius 1 is 1.15 bits per heavy atom. The molecule has 9 nitrogen and oxygen atoms in total. The molecule has 2 saturated heterocycles. The Morgan fingerprint density at radius 2 is 1.98 bits per heavy atom. The molecule has 0 saturated carbocycles. The number of halogens is 3. The highest BCUT2D eigenvalue weighted by atomic mass is 35.5. The Balaban J connectivity index is 1.35. The number of rotatable bonds is 8. The molecule has 242 valence electrons. The van der Waals surface area contributed by atoms with Crippen LogP contribution in [0.1, 0.15) is 37.9 Å². The molecular weight excluding hydrogens is 612 g/mol. The summed E-state index contributed by atoms with van der Waals surface area (Å²) in [4.78, 5) is 34.0.